The molecular formula is C9H16N2O2. The van der Waals surface area contributed by atoms with E-state index in [2.05, 4.69) is 11.9 Å². The summed E-state index contributed by atoms with van der Waals surface area (Å²) in [5.41, 5.74) is 0. The topological polar surface area (TPSA) is 49.4 Å². The highest BCUT2D eigenvalue weighted by molar-refractivity contribution is 5.90. The van der Waals surface area contributed by atoms with Crippen LogP contribution in [0, 0.1) is 0 Å². The first-order valence-electron chi connectivity index (χ1n) is 4.15. The van der Waals surface area contributed by atoms with E-state index in [0.717, 1.165) is 0 Å². The van der Waals surface area contributed by atoms with Gasteiger partial charge >= 0.3 is 0 Å². The van der Waals surface area contributed by atoms with Gasteiger partial charge in [-0.1, -0.05) is 6.58 Å². The Labute approximate surface area is 78.6 Å². The molecular weight excluding hydrogens is 168 g/mol. The summed E-state index contributed by atoms with van der Waals surface area (Å²) in [5, 5.41) is 2.91. The largest absolute Gasteiger partial charge is 0.345 e. The Morgan fingerprint density at radius 3 is 2.62 bits per heavy atom. The predicted octanol–water partition coefficient (Wildman–Crippen LogP) is -0.191. The fourth-order valence-electron chi connectivity index (χ4n) is 0.688. The molecule has 0 radical (unpaired) electrons. The first-order valence-corrected chi connectivity index (χ1v) is 4.15. The molecule has 0 aliphatic rings. The molecule has 0 aromatic carbocycles. The van der Waals surface area contributed by atoms with Gasteiger partial charge in [0.15, 0.2) is 5.78 Å². The van der Waals surface area contributed by atoms with E-state index in [1.54, 1.807) is 11.9 Å². The number of nitrogens with one attached hydrogen (secondary N) is 1. The van der Waals surface area contributed by atoms with Gasteiger partial charge in [0.25, 0.3) is 0 Å². The van der Waals surface area contributed by atoms with Crippen LogP contribution in [0.2, 0.25) is 0 Å². The second-order valence-corrected chi connectivity index (χ2v) is 2.79. The first-order chi connectivity index (χ1) is 6.07. The molecule has 1 N–H and O–H groups in total. The van der Waals surface area contributed by atoms with Gasteiger partial charge in [-0.15, -0.1) is 0 Å². The standard InChI is InChI=1S/C9H16N2O2/c1-4-9(13)7-10-5-6-11(3)8(2)12/h4,10H,1,5-7H2,2-3H3. The molecule has 0 saturated carbocycles. The molecule has 4 nitrogen and oxygen atoms in total. The zero-order chi connectivity index (χ0) is 10.3. The van der Waals surface area contributed by atoms with Gasteiger partial charge in [0.1, 0.15) is 0 Å². The van der Waals surface area contributed by atoms with Crippen LogP contribution in [0.4, 0.5) is 0 Å². The van der Waals surface area contributed by atoms with Gasteiger partial charge in [-0.05, 0) is 6.08 Å². The fraction of sp³-hybridized carbons (Fsp3) is 0.556. The fourth-order valence-corrected chi connectivity index (χ4v) is 0.688. The number of rotatable bonds is 6. The van der Waals surface area contributed by atoms with Crippen molar-refractivity contribution in [3.63, 3.8) is 0 Å². The summed E-state index contributed by atoms with van der Waals surface area (Å²) in [5.74, 6) is -0.0117. The molecule has 0 aromatic rings. The lowest BCUT2D eigenvalue weighted by atomic mass is 10.4. The van der Waals surface area contributed by atoms with Crippen LogP contribution in [0.15, 0.2) is 12.7 Å². The molecule has 74 valence electrons. The maximum Gasteiger partial charge on any atom is 0.219 e. The van der Waals surface area contributed by atoms with E-state index >= 15 is 0 Å². The van der Waals surface area contributed by atoms with Gasteiger partial charge in [0.05, 0.1) is 6.54 Å². The molecule has 13 heavy (non-hydrogen) atoms. The van der Waals surface area contributed by atoms with Crippen molar-refractivity contribution in [2.75, 3.05) is 26.7 Å². The predicted molar refractivity (Wildman–Crippen MR) is 51.4 cm³/mol. The van der Waals surface area contributed by atoms with Gasteiger partial charge in [0.2, 0.25) is 5.91 Å². The highest BCUT2D eigenvalue weighted by Crippen LogP contribution is 1.80. The number of nitrogens with zero attached hydrogens (tertiary/aromatic N) is 1. The molecule has 0 saturated heterocycles. The van der Waals surface area contributed by atoms with E-state index in [0.29, 0.717) is 13.1 Å². The van der Waals surface area contributed by atoms with Crippen LogP contribution >= 0.6 is 0 Å². The van der Waals surface area contributed by atoms with Crippen LogP contribution < -0.4 is 5.32 Å². The van der Waals surface area contributed by atoms with Crippen molar-refractivity contribution in [2.24, 2.45) is 0 Å². The summed E-state index contributed by atoms with van der Waals surface area (Å²) in [6, 6.07) is 0. The summed E-state index contributed by atoms with van der Waals surface area (Å²) in [7, 11) is 1.72. The molecule has 0 spiro atoms. The molecule has 0 aromatic heterocycles. The summed E-state index contributed by atoms with van der Waals surface area (Å²) < 4.78 is 0. The van der Waals surface area contributed by atoms with Crippen molar-refractivity contribution in [1.29, 1.82) is 0 Å². The van der Waals surface area contributed by atoms with Crippen molar-refractivity contribution < 1.29 is 9.59 Å². The molecule has 0 atom stereocenters. The third-order valence-corrected chi connectivity index (χ3v) is 1.69. The van der Waals surface area contributed by atoms with Gasteiger partial charge < -0.3 is 10.2 Å². The minimum absolute atomic E-state index is 0.0249. The molecule has 0 aliphatic carbocycles. The van der Waals surface area contributed by atoms with Gasteiger partial charge in [0, 0.05) is 27.1 Å². The molecule has 0 aliphatic heterocycles. The van der Waals surface area contributed by atoms with Crippen molar-refractivity contribution in [1.82, 2.24) is 10.2 Å². The molecule has 0 heterocycles. The lowest BCUT2D eigenvalue weighted by Gasteiger charge is -2.14. The van der Waals surface area contributed by atoms with Gasteiger partial charge in [-0.2, -0.15) is 0 Å². The zero-order valence-electron chi connectivity index (χ0n) is 8.17. The molecule has 1 amide bonds. The van der Waals surface area contributed by atoms with Crippen LogP contribution in [0.1, 0.15) is 6.92 Å². The Morgan fingerprint density at radius 1 is 1.54 bits per heavy atom. The average molecular weight is 184 g/mol. The quantitative estimate of drug-likeness (QED) is 0.460. The minimum atomic E-state index is -0.0366. The second kappa shape index (κ2) is 6.37. The van der Waals surface area contributed by atoms with E-state index in [9.17, 15) is 9.59 Å². The monoisotopic (exact) mass is 184 g/mol. The maximum atomic E-state index is 10.7. The first kappa shape index (κ1) is 11.8. The van der Waals surface area contributed by atoms with Crippen LogP contribution in [0.3, 0.4) is 0 Å². The van der Waals surface area contributed by atoms with E-state index in [1.807, 2.05) is 0 Å². The zero-order valence-corrected chi connectivity index (χ0v) is 8.17. The Bertz CT molecular complexity index is 202. The van der Waals surface area contributed by atoms with Gasteiger partial charge in [-0.3, -0.25) is 9.59 Å². The minimum Gasteiger partial charge on any atom is -0.345 e. The molecule has 0 rings (SSSR count). The number of carbonyl (C=O) groups excluding carboxylic acids is 2. The maximum absolute atomic E-state index is 10.7. The van der Waals surface area contributed by atoms with Crippen LogP contribution in [0.25, 0.3) is 0 Å². The normalized spacial score (nSPS) is 9.38. The van der Waals surface area contributed by atoms with E-state index in [-0.39, 0.29) is 18.2 Å². The summed E-state index contributed by atoms with van der Waals surface area (Å²) in [4.78, 5) is 23.1. The summed E-state index contributed by atoms with van der Waals surface area (Å²) in [6.07, 6.45) is 1.28. The Morgan fingerprint density at radius 2 is 2.15 bits per heavy atom. The third kappa shape index (κ3) is 6.04. The molecule has 0 bridgehead atoms. The second-order valence-electron chi connectivity index (χ2n) is 2.79. The van der Waals surface area contributed by atoms with Crippen LogP contribution in [0.5, 0.6) is 0 Å². The highest BCUT2D eigenvalue weighted by Gasteiger charge is 2.00. The molecule has 0 fully saturated rings. The third-order valence-electron chi connectivity index (χ3n) is 1.69. The number of amides is 1. The molecule has 0 unspecified atom stereocenters. The van der Waals surface area contributed by atoms with Crippen molar-refractivity contribution >= 4 is 11.7 Å². The Balaban J connectivity index is 3.40. The lowest BCUT2D eigenvalue weighted by molar-refractivity contribution is -0.127. The Hall–Kier alpha value is -1.16. The van der Waals surface area contributed by atoms with E-state index in [1.165, 1.54) is 13.0 Å². The number of hydrogen-bond donors (Lipinski definition) is 1. The SMILES string of the molecule is C=CC(=O)CNCCN(C)C(C)=O. The number of carbonyl (C=O) groups is 2. The van der Waals surface area contributed by atoms with Crippen LogP contribution in [-0.4, -0.2) is 43.3 Å². The number of likely N-dealkylation sites (N-methyl/N-ethyl adjacent to an activating group) is 1. The molecule has 4 heteroatoms. The number of hydrogen-bond acceptors (Lipinski definition) is 3. The van der Waals surface area contributed by atoms with Crippen molar-refractivity contribution in [2.45, 2.75) is 6.92 Å². The average Bonchev–Trinajstić information content (AvgIpc) is 2.11. The van der Waals surface area contributed by atoms with E-state index in [4.69, 9.17) is 0 Å². The van der Waals surface area contributed by atoms with Gasteiger partial charge in [-0.25, -0.2) is 0 Å². The Kier molecular flexibility index (Phi) is 5.80. The smallest absolute Gasteiger partial charge is 0.219 e. The number of ketones is 1. The summed E-state index contributed by atoms with van der Waals surface area (Å²) in [6.45, 7) is 6.38. The highest BCUT2D eigenvalue weighted by atomic mass is 16.2. The summed E-state index contributed by atoms with van der Waals surface area (Å²) >= 11 is 0. The van der Waals surface area contributed by atoms with E-state index < -0.39 is 0 Å². The lowest BCUT2D eigenvalue weighted by Crippen LogP contribution is -2.34. The van der Waals surface area contributed by atoms with Crippen molar-refractivity contribution in [3.05, 3.63) is 12.7 Å². The van der Waals surface area contributed by atoms with Crippen LogP contribution in [-0.2, 0) is 9.59 Å². The van der Waals surface area contributed by atoms with Crippen molar-refractivity contribution in [3.8, 4) is 0 Å².